The van der Waals surface area contributed by atoms with Gasteiger partial charge < -0.3 is 0 Å². The highest BCUT2D eigenvalue weighted by Gasteiger charge is 2.23. The molecule has 0 spiro atoms. The molecule has 2 atom stereocenters. The molecule has 1 heterocycles. The molecule has 1 aliphatic heterocycles. The lowest BCUT2D eigenvalue weighted by Gasteiger charge is -2.24. The van der Waals surface area contributed by atoms with E-state index in [2.05, 4.69) is 118 Å². The van der Waals surface area contributed by atoms with Crippen molar-refractivity contribution in [3.05, 3.63) is 84.0 Å². The van der Waals surface area contributed by atoms with Crippen LogP contribution in [0.4, 0.5) is 0 Å². The van der Waals surface area contributed by atoms with Crippen molar-refractivity contribution in [1.29, 1.82) is 0 Å². The fourth-order valence-corrected chi connectivity index (χ4v) is 3.84. The molecule has 3 nitrogen and oxygen atoms in total. The highest BCUT2D eigenvalue weighted by Crippen LogP contribution is 2.20. The predicted molar refractivity (Wildman–Crippen MR) is 137 cm³/mol. The van der Waals surface area contributed by atoms with Crippen LogP contribution >= 0.6 is 0 Å². The van der Waals surface area contributed by atoms with Crippen LogP contribution in [-0.2, 0) is 6.42 Å². The Bertz CT molecular complexity index is 786. The summed E-state index contributed by atoms with van der Waals surface area (Å²) in [5.41, 5.74) is 4.05. The van der Waals surface area contributed by atoms with Crippen molar-refractivity contribution in [1.82, 2.24) is 9.91 Å². The van der Waals surface area contributed by atoms with Gasteiger partial charge in [0.15, 0.2) is 0 Å². The van der Waals surface area contributed by atoms with Crippen LogP contribution in [0.5, 0.6) is 0 Å². The van der Waals surface area contributed by atoms with Gasteiger partial charge in [-0.05, 0) is 44.4 Å². The van der Waals surface area contributed by atoms with Gasteiger partial charge in [-0.25, -0.2) is 0 Å². The van der Waals surface area contributed by atoms with Crippen LogP contribution in [0.15, 0.2) is 83.5 Å². The molecule has 1 aromatic carbocycles. The summed E-state index contributed by atoms with van der Waals surface area (Å²) < 4.78 is 0. The van der Waals surface area contributed by atoms with Crippen LogP contribution in [0, 0.1) is 0 Å². The molecule has 0 aromatic heterocycles. The third-order valence-electron chi connectivity index (χ3n) is 5.87. The first-order valence-electron chi connectivity index (χ1n) is 11.8. The Morgan fingerprint density at radius 1 is 1.13 bits per heavy atom. The number of hydrazone groups is 1. The Kier molecular flexibility index (Phi) is 11.1. The monoisotopic (exact) mass is 419 g/mol. The van der Waals surface area contributed by atoms with Crippen LogP contribution in [0.2, 0.25) is 0 Å². The summed E-state index contributed by atoms with van der Waals surface area (Å²) in [4.78, 5) is 2.39. The summed E-state index contributed by atoms with van der Waals surface area (Å²) in [6, 6.07) is 11.6. The van der Waals surface area contributed by atoms with E-state index in [0.29, 0.717) is 12.1 Å². The van der Waals surface area contributed by atoms with E-state index < -0.39 is 0 Å². The van der Waals surface area contributed by atoms with Crippen molar-refractivity contribution < 1.29 is 0 Å². The lowest BCUT2D eigenvalue weighted by Crippen LogP contribution is -2.30. The molecule has 0 aliphatic carbocycles. The van der Waals surface area contributed by atoms with Gasteiger partial charge in [0.2, 0.25) is 0 Å². The maximum absolute atomic E-state index is 4.81. The van der Waals surface area contributed by atoms with Crippen LogP contribution in [0.25, 0.3) is 0 Å². The van der Waals surface area contributed by atoms with Gasteiger partial charge in [-0.1, -0.05) is 86.7 Å². The molecule has 2 unspecified atom stereocenters. The lowest BCUT2D eigenvalue weighted by atomic mass is 10.00. The lowest BCUT2D eigenvalue weighted by molar-refractivity contribution is 0.283. The summed E-state index contributed by atoms with van der Waals surface area (Å²) in [7, 11) is 4.30. The average molecular weight is 420 g/mol. The van der Waals surface area contributed by atoms with E-state index in [1.165, 1.54) is 16.8 Å². The fourth-order valence-electron chi connectivity index (χ4n) is 3.84. The molecule has 0 fully saturated rings. The summed E-state index contributed by atoms with van der Waals surface area (Å²) in [5, 5.41) is 6.95. The molecule has 0 radical (unpaired) electrons. The number of nitrogens with zero attached hydrogens (tertiary/aromatic N) is 3. The second kappa shape index (κ2) is 13.8. The third-order valence-corrected chi connectivity index (χ3v) is 5.87. The summed E-state index contributed by atoms with van der Waals surface area (Å²) in [6.45, 7) is 7.60. The fraction of sp³-hybridized carbons (Fsp3) is 0.464. The maximum Gasteiger partial charge on any atom is 0.0560 e. The van der Waals surface area contributed by atoms with Crippen molar-refractivity contribution in [3.8, 4) is 0 Å². The van der Waals surface area contributed by atoms with Gasteiger partial charge in [-0.15, -0.1) is 0 Å². The number of allylic oxidation sites excluding steroid dienone is 5. The van der Waals surface area contributed by atoms with E-state index in [0.717, 1.165) is 38.6 Å². The first kappa shape index (κ1) is 24.9. The molecule has 168 valence electrons. The van der Waals surface area contributed by atoms with Crippen molar-refractivity contribution in [2.24, 2.45) is 5.10 Å². The average Bonchev–Trinajstić information content (AvgIpc) is 3.12. The largest absolute Gasteiger partial charge is 0.296 e. The van der Waals surface area contributed by atoms with Crippen LogP contribution in [0.1, 0.15) is 52.0 Å². The summed E-state index contributed by atoms with van der Waals surface area (Å²) in [5.74, 6) is 0. The van der Waals surface area contributed by atoms with Gasteiger partial charge in [-0.2, -0.15) is 5.10 Å². The van der Waals surface area contributed by atoms with Gasteiger partial charge in [0.05, 0.1) is 6.04 Å². The SMILES string of the molecule is CC/C=C\C=C\CN(C)C(C)C(/C=C\CC1=NN(C)C(Cc2ccccc2)C1)=C/CC. The number of likely N-dealkylation sites (N-methyl/N-ethyl adjacent to an activating group) is 2. The van der Waals surface area contributed by atoms with Gasteiger partial charge in [-0.3, -0.25) is 9.91 Å². The molecule has 2 rings (SSSR count). The second-order valence-corrected chi connectivity index (χ2v) is 8.39. The topological polar surface area (TPSA) is 18.8 Å². The van der Waals surface area contributed by atoms with E-state index >= 15 is 0 Å². The number of hydrogen-bond acceptors (Lipinski definition) is 3. The van der Waals surface area contributed by atoms with Gasteiger partial charge in [0.1, 0.15) is 0 Å². The van der Waals surface area contributed by atoms with E-state index in [4.69, 9.17) is 5.10 Å². The van der Waals surface area contributed by atoms with Gasteiger partial charge in [0.25, 0.3) is 0 Å². The first-order chi connectivity index (χ1) is 15.0. The van der Waals surface area contributed by atoms with Crippen molar-refractivity contribution in [2.45, 2.75) is 65.0 Å². The zero-order chi connectivity index (χ0) is 22.5. The van der Waals surface area contributed by atoms with Crippen LogP contribution in [-0.4, -0.2) is 48.3 Å². The highest BCUT2D eigenvalue weighted by molar-refractivity contribution is 5.87. The Morgan fingerprint density at radius 3 is 2.58 bits per heavy atom. The number of benzene rings is 1. The van der Waals surface area contributed by atoms with E-state index in [1.807, 2.05) is 0 Å². The standard InChI is InChI=1S/C28H41N3/c1-6-8-9-10-14-21-30(4)24(3)26(16-7-2)19-15-20-27-23-28(31(5)29-27)22-25-17-12-11-13-18-25/h8-19,24,28H,6-7,20-23H2,1-5H3/b9-8-,14-10+,19-15-,26-16+. The van der Waals surface area contributed by atoms with Crippen molar-refractivity contribution in [2.75, 3.05) is 20.6 Å². The summed E-state index contributed by atoms with van der Waals surface area (Å²) >= 11 is 0. The molecule has 0 saturated heterocycles. The Morgan fingerprint density at radius 2 is 1.87 bits per heavy atom. The predicted octanol–water partition coefficient (Wildman–Crippen LogP) is 6.41. The zero-order valence-electron chi connectivity index (χ0n) is 20.2. The smallest absolute Gasteiger partial charge is 0.0560 e. The van der Waals surface area contributed by atoms with E-state index in [1.54, 1.807) is 0 Å². The van der Waals surface area contributed by atoms with Crippen molar-refractivity contribution >= 4 is 5.71 Å². The first-order valence-corrected chi connectivity index (χ1v) is 11.8. The Hall–Kier alpha value is -2.39. The van der Waals surface area contributed by atoms with E-state index in [9.17, 15) is 0 Å². The minimum Gasteiger partial charge on any atom is -0.296 e. The Labute approximate surface area is 190 Å². The number of rotatable bonds is 12. The second-order valence-electron chi connectivity index (χ2n) is 8.39. The normalized spacial score (nSPS) is 18.8. The highest BCUT2D eigenvalue weighted by atomic mass is 15.5. The molecule has 0 amide bonds. The molecular weight excluding hydrogens is 378 g/mol. The zero-order valence-corrected chi connectivity index (χ0v) is 20.2. The van der Waals surface area contributed by atoms with Crippen LogP contribution in [0.3, 0.4) is 0 Å². The molecule has 0 N–H and O–H groups in total. The minimum absolute atomic E-state index is 0.384. The van der Waals surface area contributed by atoms with Gasteiger partial charge in [0, 0.05) is 38.2 Å². The Balaban J connectivity index is 1.88. The molecule has 31 heavy (non-hydrogen) atoms. The summed E-state index contributed by atoms with van der Waals surface area (Å²) in [6.07, 6.45) is 20.8. The molecule has 1 aliphatic rings. The molecule has 3 heteroatoms. The minimum atomic E-state index is 0.384. The van der Waals surface area contributed by atoms with Crippen LogP contribution < -0.4 is 0 Å². The van der Waals surface area contributed by atoms with Crippen molar-refractivity contribution in [3.63, 3.8) is 0 Å². The van der Waals surface area contributed by atoms with E-state index in [-0.39, 0.29) is 0 Å². The third kappa shape index (κ3) is 8.70. The number of hydrogen-bond donors (Lipinski definition) is 0. The quantitative estimate of drug-likeness (QED) is 0.364. The maximum atomic E-state index is 4.81. The molecule has 0 saturated carbocycles. The van der Waals surface area contributed by atoms with Gasteiger partial charge >= 0.3 is 0 Å². The molecule has 1 aromatic rings. The molecule has 0 bridgehead atoms. The molecular formula is C28H41N3.